The molecule has 9 aromatic rings. The third kappa shape index (κ3) is 4.23. The Morgan fingerprint density at radius 1 is 0.304 bits per heavy atom. The van der Waals surface area contributed by atoms with Crippen LogP contribution in [-0.2, 0) is 0 Å². The molecule has 9 aromatic carbocycles. The largest absolute Gasteiger partial charge is 0.0636 e. The molecule has 0 radical (unpaired) electrons. The van der Waals surface area contributed by atoms with Gasteiger partial charge in [-0.2, -0.15) is 0 Å². The zero-order valence-corrected chi connectivity index (χ0v) is 24.8. The monoisotopic (exact) mass is 589 g/mol. The van der Waals surface area contributed by atoms with Gasteiger partial charge in [-0.3, -0.25) is 0 Å². The lowest BCUT2D eigenvalue weighted by atomic mass is 9.82. The molecule has 0 aliphatic carbocycles. The lowest BCUT2D eigenvalue weighted by molar-refractivity contribution is 1.62. The third-order valence-electron chi connectivity index (χ3n) is 8.89. The fourth-order valence-corrected chi connectivity index (χ4v) is 6.85. The van der Waals surface area contributed by atoms with Crippen molar-refractivity contribution in [2.75, 3.05) is 0 Å². The molecule has 0 nitrogen and oxygen atoms in total. The van der Waals surface area contributed by atoms with Crippen molar-refractivity contribution < 1.29 is 9.60 Å². The standard InChI is InChI=1S/C46H30/c1-3-14-32(15-4-1)38-28-26-33-17-8-10-22-37(33)45(38)35-27-29-42-43(30-35)46(39-25-13-20-31-16-7-9-21-36(31)39)41-24-12-11-23-40(41)44(42)34-18-5-2-6-19-34/h1-30H/i11D,12D,23D,24D,27D,29D,30D. The van der Waals surface area contributed by atoms with Crippen LogP contribution in [0.5, 0.6) is 0 Å². The summed E-state index contributed by atoms with van der Waals surface area (Å²) in [6.45, 7) is 0. The van der Waals surface area contributed by atoms with E-state index in [-0.39, 0.29) is 53.1 Å². The maximum Gasteiger partial charge on any atom is 0.0636 e. The van der Waals surface area contributed by atoms with Crippen LogP contribution in [0.1, 0.15) is 9.60 Å². The highest BCUT2D eigenvalue weighted by Crippen LogP contribution is 2.47. The summed E-state index contributed by atoms with van der Waals surface area (Å²) in [7, 11) is 0. The lowest BCUT2D eigenvalue weighted by Gasteiger charge is -2.20. The van der Waals surface area contributed by atoms with Crippen molar-refractivity contribution in [1.82, 2.24) is 0 Å². The molecule has 46 heavy (non-hydrogen) atoms. The molecule has 0 heteroatoms. The number of hydrogen-bond acceptors (Lipinski definition) is 0. The van der Waals surface area contributed by atoms with Gasteiger partial charge in [-0.25, -0.2) is 0 Å². The topological polar surface area (TPSA) is 0 Å². The molecule has 0 spiro atoms. The van der Waals surface area contributed by atoms with Crippen LogP contribution in [0, 0.1) is 0 Å². The average molecular weight is 590 g/mol. The SMILES string of the molecule is [2H]c1c([2H])c([2H])c2c(-c3cccc4ccccc34)c3c([2H])c(-c4c(-c5ccccc5)ccc5ccccc45)c([2H])c([2H])c3c(-c3ccccc3)c2c1[2H]. The van der Waals surface area contributed by atoms with Gasteiger partial charge in [0, 0.05) is 0 Å². The van der Waals surface area contributed by atoms with E-state index in [1.165, 1.54) is 0 Å². The second-order valence-corrected chi connectivity index (χ2v) is 11.5. The van der Waals surface area contributed by atoms with E-state index in [0.29, 0.717) is 44.2 Å². The first-order chi connectivity index (χ1) is 25.8. The summed E-state index contributed by atoms with van der Waals surface area (Å²) in [5.41, 5.74) is 4.85. The van der Waals surface area contributed by atoms with Crippen LogP contribution in [0.4, 0.5) is 0 Å². The van der Waals surface area contributed by atoms with Crippen molar-refractivity contribution in [1.29, 1.82) is 0 Å². The predicted octanol–water partition coefficient (Wildman–Crippen LogP) is 13.0. The molecule has 0 saturated carbocycles. The van der Waals surface area contributed by atoms with Gasteiger partial charge < -0.3 is 0 Å². The fourth-order valence-electron chi connectivity index (χ4n) is 6.85. The van der Waals surface area contributed by atoms with Crippen LogP contribution in [0.3, 0.4) is 0 Å². The van der Waals surface area contributed by atoms with Gasteiger partial charge in [0.15, 0.2) is 0 Å². The first-order valence-electron chi connectivity index (χ1n) is 18.9. The Balaban J connectivity index is 1.61. The molecule has 0 aliphatic heterocycles. The summed E-state index contributed by atoms with van der Waals surface area (Å²) in [6, 6.07) is 43.3. The molecular formula is C46H30. The smallest absolute Gasteiger partial charge is 0.0622 e. The minimum atomic E-state index is -0.383. The Morgan fingerprint density at radius 3 is 1.65 bits per heavy atom. The summed E-state index contributed by atoms with van der Waals surface area (Å²) < 4.78 is 66.5. The highest BCUT2D eigenvalue weighted by molar-refractivity contribution is 6.24. The van der Waals surface area contributed by atoms with Crippen LogP contribution in [0.15, 0.2) is 182 Å². The van der Waals surface area contributed by atoms with Crippen LogP contribution in [0.2, 0.25) is 0 Å². The maximum absolute atomic E-state index is 10.3. The van der Waals surface area contributed by atoms with Gasteiger partial charge in [0.25, 0.3) is 0 Å². The first-order valence-corrected chi connectivity index (χ1v) is 15.4. The van der Waals surface area contributed by atoms with Gasteiger partial charge in [-0.1, -0.05) is 176 Å². The molecule has 0 saturated heterocycles. The van der Waals surface area contributed by atoms with Crippen LogP contribution >= 0.6 is 0 Å². The summed E-state index contributed by atoms with van der Waals surface area (Å²) in [5.74, 6) is 0. The van der Waals surface area contributed by atoms with Crippen molar-refractivity contribution in [3.63, 3.8) is 0 Å². The van der Waals surface area contributed by atoms with Crippen molar-refractivity contribution in [2.24, 2.45) is 0 Å². The zero-order chi connectivity index (χ0) is 36.5. The van der Waals surface area contributed by atoms with Crippen molar-refractivity contribution in [3.05, 3.63) is 182 Å². The molecule has 0 heterocycles. The Hall–Kier alpha value is -5.98. The molecule has 0 bridgehead atoms. The third-order valence-corrected chi connectivity index (χ3v) is 8.89. The van der Waals surface area contributed by atoms with Gasteiger partial charge in [0.1, 0.15) is 0 Å². The van der Waals surface area contributed by atoms with Crippen LogP contribution in [0.25, 0.3) is 87.6 Å². The summed E-state index contributed by atoms with van der Waals surface area (Å²) in [4.78, 5) is 0. The van der Waals surface area contributed by atoms with E-state index < -0.39 is 0 Å². The Morgan fingerprint density at radius 2 is 0.891 bits per heavy atom. The minimum absolute atomic E-state index is 0.0176. The van der Waals surface area contributed by atoms with Gasteiger partial charge in [-0.15, -0.1) is 0 Å². The van der Waals surface area contributed by atoms with E-state index in [4.69, 9.17) is 2.74 Å². The number of hydrogen-bond donors (Lipinski definition) is 0. The minimum Gasteiger partial charge on any atom is -0.0622 e. The Kier molecular flexibility index (Phi) is 4.76. The number of fused-ring (bicyclic) bond motifs is 4. The van der Waals surface area contributed by atoms with E-state index >= 15 is 0 Å². The van der Waals surface area contributed by atoms with Gasteiger partial charge in [0.2, 0.25) is 0 Å². The highest BCUT2D eigenvalue weighted by Gasteiger charge is 2.20. The molecule has 0 atom stereocenters. The quantitative estimate of drug-likeness (QED) is 0.179. The molecule has 0 fully saturated rings. The molecule has 0 N–H and O–H groups in total. The molecule has 214 valence electrons. The predicted molar refractivity (Wildman–Crippen MR) is 198 cm³/mol. The zero-order valence-electron chi connectivity index (χ0n) is 31.8. The molecule has 0 amide bonds. The van der Waals surface area contributed by atoms with Crippen molar-refractivity contribution in [3.8, 4) is 44.5 Å². The van der Waals surface area contributed by atoms with Gasteiger partial charge >= 0.3 is 0 Å². The van der Waals surface area contributed by atoms with Gasteiger partial charge in [-0.05, 0) is 93.6 Å². The Bertz CT molecular complexity index is 2950. The van der Waals surface area contributed by atoms with E-state index in [9.17, 15) is 6.85 Å². The molecule has 0 aliphatic rings. The van der Waals surface area contributed by atoms with E-state index in [1.54, 1.807) is 0 Å². The average Bonchev–Trinajstić information content (AvgIpc) is 3.20. The molecule has 9 rings (SSSR count). The second kappa shape index (κ2) is 10.9. The summed E-state index contributed by atoms with van der Waals surface area (Å²) >= 11 is 0. The van der Waals surface area contributed by atoms with E-state index in [0.717, 1.165) is 32.7 Å². The lowest BCUT2D eigenvalue weighted by Crippen LogP contribution is -1.93. The number of rotatable bonds is 4. The molecular weight excluding hydrogens is 553 g/mol. The first kappa shape index (κ1) is 20.1. The summed E-state index contributed by atoms with van der Waals surface area (Å²) in [5, 5.41) is 4.73. The van der Waals surface area contributed by atoms with Gasteiger partial charge in [0.05, 0.1) is 9.60 Å². The van der Waals surface area contributed by atoms with E-state index in [2.05, 4.69) is 0 Å². The molecule has 0 aromatic heterocycles. The highest BCUT2D eigenvalue weighted by atomic mass is 14.2. The second-order valence-electron chi connectivity index (χ2n) is 11.5. The Labute approximate surface area is 278 Å². The van der Waals surface area contributed by atoms with Crippen molar-refractivity contribution in [2.45, 2.75) is 0 Å². The fraction of sp³-hybridized carbons (Fsp3) is 0. The number of benzene rings is 9. The van der Waals surface area contributed by atoms with Crippen LogP contribution < -0.4 is 0 Å². The van der Waals surface area contributed by atoms with Crippen molar-refractivity contribution >= 4 is 43.1 Å². The normalized spacial score (nSPS) is 13.6. The summed E-state index contributed by atoms with van der Waals surface area (Å²) in [6.07, 6.45) is 0. The maximum atomic E-state index is 10.3. The molecule has 0 unspecified atom stereocenters. The van der Waals surface area contributed by atoms with Crippen LogP contribution in [-0.4, -0.2) is 0 Å². The van der Waals surface area contributed by atoms with E-state index in [1.807, 2.05) is 140 Å².